The monoisotopic (exact) mass is 561 g/mol. The Morgan fingerprint density at radius 2 is 1.62 bits per heavy atom. The first-order chi connectivity index (χ1) is 18.9. The van der Waals surface area contributed by atoms with Crippen LogP contribution in [0.3, 0.4) is 0 Å². The Morgan fingerprint density at radius 1 is 0.949 bits per heavy atom. The standard InChI is InChI=1S/C30H31N3O4S2/c1-4-32(5-2)16-8-6-15(7-9-16)21-22-19-14-20(25(22)38-27-26(21)39-30(36)31-27)24-23(19)28(34)33(29(24)35)17-10-12-18(37-3)13-11-17/h6-13,19-25H,4-5,14H2,1-3H3,(H,31,36)/t19-,20-,21+,22+,23+,24+,25-/m1/s1. The summed E-state index contributed by atoms with van der Waals surface area (Å²) in [4.78, 5) is 48.1. The van der Waals surface area contributed by atoms with Crippen LogP contribution in [-0.4, -0.2) is 42.2 Å². The molecule has 0 spiro atoms. The predicted molar refractivity (Wildman–Crippen MR) is 154 cm³/mol. The zero-order valence-electron chi connectivity index (χ0n) is 22.1. The summed E-state index contributed by atoms with van der Waals surface area (Å²) in [6, 6.07) is 15.9. The number of fused-ring (bicyclic) bond motifs is 9. The molecule has 2 amide bonds. The Balaban J connectivity index is 1.27. The van der Waals surface area contributed by atoms with E-state index in [9.17, 15) is 14.4 Å². The second kappa shape index (κ2) is 9.27. The van der Waals surface area contributed by atoms with Gasteiger partial charge in [-0.2, -0.15) is 0 Å². The fraction of sp³-hybridized carbons (Fsp3) is 0.433. The van der Waals surface area contributed by atoms with Gasteiger partial charge >= 0.3 is 4.87 Å². The van der Waals surface area contributed by atoms with Gasteiger partial charge in [-0.25, -0.2) is 0 Å². The molecule has 1 saturated heterocycles. The van der Waals surface area contributed by atoms with Crippen molar-refractivity contribution < 1.29 is 14.3 Å². The fourth-order valence-corrected chi connectivity index (χ4v) is 10.7. The number of aromatic nitrogens is 1. The molecule has 7 rings (SSSR count). The maximum Gasteiger partial charge on any atom is 0.305 e. The van der Waals surface area contributed by atoms with E-state index in [1.165, 1.54) is 27.5 Å². The van der Waals surface area contributed by atoms with E-state index in [0.717, 1.165) is 29.4 Å². The Labute approximate surface area is 235 Å². The van der Waals surface area contributed by atoms with Crippen LogP contribution in [0.15, 0.2) is 58.4 Å². The summed E-state index contributed by atoms with van der Waals surface area (Å²) in [5.74, 6) is 0.398. The van der Waals surface area contributed by atoms with Crippen LogP contribution in [-0.2, 0) is 9.59 Å². The third kappa shape index (κ3) is 3.58. The number of rotatable bonds is 6. The van der Waals surface area contributed by atoms with Gasteiger partial charge < -0.3 is 14.6 Å². The largest absolute Gasteiger partial charge is 0.497 e. The number of imide groups is 1. The van der Waals surface area contributed by atoms with Crippen molar-refractivity contribution in [2.45, 2.75) is 36.5 Å². The van der Waals surface area contributed by atoms with Gasteiger partial charge in [-0.3, -0.25) is 19.3 Å². The Morgan fingerprint density at radius 3 is 2.26 bits per heavy atom. The second-order valence-corrected chi connectivity index (χ2v) is 13.1. The fourth-order valence-electron chi connectivity index (χ4n) is 7.86. The number of ether oxygens (including phenoxy) is 1. The van der Waals surface area contributed by atoms with Crippen LogP contribution in [0.4, 0.5) is 11.4 Å². The van der Waals surface area contributed by atoms with Crippen LogP contribution in [0, 0.1) is 29.6 Å². The van der Waals surface area contributed by atoms with E-state index in [4.69, 9.17) is 4.74 Å². The predicted octanol–water partition coefficient (Wildman–Crippen LogP) is 4.97. The van der Waals surface area contributed by atoms with Crippen molar-refractivity contribution in [3.63, 3.8) is 0 Å². The number of nitrogens with zero attached hydrogens (tertiary/aromatic N) is 2. The van der Waals surface area contributed by atoms with Gasteiger partial charge in [0.15, 0.2) is 0 Å². The first-order valence-corrected chi connectivity index (χ1v) is 15.4. The van der Waals surface area contributed by atoms with E-state index < -0.39 is 0 Å². The molecule has 39 heavy (non-hydrogen) atoms. The Bertz CT molecular complexity index is 1490. The lowest BCUT2D eigenvalue weighted by Gasteiger charge is -2.43. The lowest BCUT2D eigenvalue weighted by atomic mass is 9.68. The average molecular weight is 562 g/mol. The summed E-state index contributed by atoms with van der Waals surface area (Å²) in [5.41, 5.74) is 2.99. The summed E-state index contributed by atoms with van der Waals surface area (Å²) in [6.45, 7) is 6.20. The van der Waals surface area contributed by atoms with Gasteiger partial charge in [0.1, 0.15) is 5.75 Å². The van der Waals surface area contributed by atoms with Crippen molar-refractivity contribution in [1.82, 2.24) is 4.98 Å². The van der Waals surface area contributed by atoms with Gasteiger partial charge in [0, 0.05) is 34.8 Å². The molecule has 3 heterocycles. The number of nitrogens with one attached hydrogen (secondary N) is 1. The molecule has 3 aromatic rings. The Kier molecular flexibility index (Phi) is 5.93. The van der Waals surface area contributed by atoms with Crippen LogP contribution >= 0.6 is 23.1 Å². The van der Waals surface area contributed by atoms with E-state index >= 15 is 0 Å². The highest BCUT2D eigenvalue weighted by molar-refractivity contribution is 8.00. The number of thiazole rings is 1. The molecule has 2 aliphatic carbocycles. The normalized spacial score (nSPS) is 30.3. The highest BCUT2D eigenvalue weighted by atomic mass is 32.2. The molecule has 0 unspecified atom stereocenters. The van der Waals surface area contributed by atoms with Crippen LogP contribution in [0.2, 0.25) is 0 Å². The molecule has 7 atom stereocenters. The number of aromatic amines is 1. The SMILES string of the molecule is CCN(CC)c1ccc([C@@H]2c3sc(=O)[nH]c3S[C@@H]3[C@@H]4C[C@@H]([C@@H]5C(=O)N(c6ccc(OC)cc6)C(=O)[C@@H]45)[C@@H]23)cc1. The summed E-state index contributed by atoms with van der Waals surface area (Å²) >= 11 is 3.03. The lowest BCUT2D eigenvalue weighted by molar-refractivity contribution is -0.123. The van der Waals surface area contributed by atoms with E-state index in [2.05, 4.69) is 48.0 Å². The van der Waals surface area contributed by atoms with Gasteiger partial charge in [0.2, 0.25) is 11.8 Å². The minimum Gasteiger partial charge on any atom is -0.497 e. The van der Waals surface area contributed by atoms with Gasteiger partial charge in [0.25, 0.3) is 0 Å². The van der Waals surface area contributed by atoms with Crippen molar-refractivity contribution in [1.29, 1.82) is 0 Å². The summed E-state index contributed by atoms with van der Waals surface area (Å²) in [7, 11) is 1.60. The zero-order chi connectivity index (χ0) is 27.0. The number of carbonyl (C=O) groups excluding carboxylic acids is 2. The number of hydrogen-bond acceptors (Lipinski definition) is 7. The summed E-state index contributed by atoms with van der Waals surface area (Å²) in [5, 5.41) is 1.13. The molecule has 2 aliphatic heterocycles. The quantitative estimate of drug-likeness (QED) is 0.428. The minimum absolute atomic E-state index is 0.0369. The smallest absolute Gasteiger partial charge is 0.305 e. The third-order valence-corrected chi connectivity index (χ3v) is 12.0. The van der Waals surface area contributed by atoms with Crippen LogP contribution in [0.25, 0.3) is 0 Å². The minimum atomic E-state index is -0.305. The van der Waals surface area contributed by atoms with E-state index in [0.29, 0.717) is 11.4 Å². The molecule has 4 aliphatic rings. The van der Waals surface area contributed by atoms with E-state index in [-0.39, 0.29) is 57.4 Å². The van der Waals surface area contributed by atoms with Gasteiger partial charge in [-0.05, 0) is 80.0 Å². The highest BCUT2D eigenvalue weighted by Crippen LogP contribution is 2.68. The molecular formula is C30H31N3O4S2. The summed E-state index contributed by atoms with van der Waals surface area (Å²) in [6.07, 6.45) is 0.888. The molecule has 1 aromatic heterocycles. The molecule has 2 saturated carbocycles. The van der Waals surface area contributed by atoms with Crippen molar-refractivity contribution in [3.8, 4) is 5.75 Å². The van der Waals surface area contributed by atoms with Gasteiger partial charge in [-0.1, -0.05) is 23.5 Å². The number of hydrogen-bond donors (Lipinski definition) is 1. The number of carbonyl (C=O) groups is 2. The maximum atomic E-state index is 13.9. The third-order valence-electron chi connectivity index (χ3n) is 9.44. The topological polar surface area (TPSA) is 82.7 Å². The van der Waals surface area contributed by atoms with Crippen molar-refractivity contribution in [2.24, 2.45) is 29.6 Å². The number of thioether (sulfide) groups is 1. The maximum absolute atomic E-state index is 13.9. The number of benzene rings is 2. The highest BCUT2D eigenvalue weighted by Gasteiger charge is 2.69. The van der Waals surface area contributed by atoms with E-state index in [1.54, 1.807) is 43.1 Å². The first kappa shape index (κ1) is 25.0. The Hall–Kier alpha value is -3.04. The summed E-state index contributed by atoms with van der Waals surface area (Å²) < 4.78 is 5.27. The zero-order valence-corrected chi connectivity index (χ0v) is 23.8. The number of amides is 2. The number of H-pyrrole nitrogens is 1. The number of methoxy groups -OCH3 is 1. The molecule has 7 nitrogen and oxygen atoms in total. The molecule has 202 valence electrons. The average Bonchev–Trinajstić information content (AvgIpc) is 3.69. The van der Waals surface area contributed by atoms with Crippen molar-refractivity contribution in [3.05, 3.63) is 68.6 Å². The van der Waals surface area contributed by atoms with E-state index in [1.807, 2.05) is 0 Å². The first-order valence-electron chi connectivity index (χ1n) is 13.7. The molecular weight excluding hydrogens is 530 g/mol. The number of anilines is 2. The van der Waals surface area contributed by atoms with Gasteiger partial charge in [-0.15, -0.1) is 11.8 Å². The molecule has 3 fully saturated rings. The van der Waals surface area contributed by atoms with Crippen LogP contribution < -0.4 is 19.4 Å². The molecule has 9 heteroatoms. The molecule has 2 aromatic carbocycles. The molecule has 0 radical (unpaired) electrons. The second-order valence-electron chi connectivity index (χ2n) is 10.9. The van der Waals surface area contributed by atoms with Crippen molar-refractivity contribution in [2.75, 3.05) is 30.0 Å². The lowest BCUT2D eigenvalue weighted by Crippen LogP contribution is -2.42. The molecule has 2 bridgehead atoms. The van der Waals surface area contributed by atoms with Crippen LogP contribution in [0.1, 0.15) is 36.6 Å². The van der Waals surface area contributed by atoms with Crippen LogP contribution in [0.5, 0.6) is 5.75 Å². The van der Waals surface area contributed by atoms with Gasteiger partial charge in [0.05, 0.1) is 29.7 Å². The molecule has 1 N–H and O–H groups in total. The van der Waals surface area contributed by atoms with Crippen molar-refractivity contribution >= 4 is 46.3 Å².